The van der Waals surface area contributed by atoms with Gasteiger partial charge < -0.3 is 13.9 Å². The Morgan fingerprint density at radius 1 is 1.16 bits per heavy atom. The van der Waals surface area contributed by atoms with E-state index in [1.54, 1.807) is 29.8 Å². The molecule has 4 aromatic rings. The van der Waals surface area contributed by atoms with Gasteiger partial charge in [-0.25, -0.2) is 4.98 Å². The van der Waals surface area contributed by atoms with Crippen molar-refractivity contribution in [3.8, 4) is 11.5 Å². The van der Waals surface area contributed by atoms with Gasteiger partial charge in [0.25, 0.3) is 5.91 Å². The van der Waals surface area contributed by atoms with E-state index in [2.05, 4.69) is 4.98 Å². The van der Waals surface area contributed by atoms with Gasteiger partial charge in [-0.3, -0.25) is 14.5 Å². The Bertz CT molecular complexity index is 1360. The molecule has 1 amide bonds. The van der Waals surface area contributed by atoms with E-state index in [1.165, 1.54) is 23.3 Å². The quantitative estimate of drug-likeness (QED) is 0.422. The molecule has 0 N–H and O–H groups in total. The summed E-state index contributed by atoms with van der Waals surface area (Å²) >= 11 is 1.33. The van der Waals surface area contributed by atoms with Gasteiger partial charge in [0.1, 0.15) is 17.1 Å². The highest BCUT2D eigenvalue weighted by molar-refractivity contribution is 7.13. The van der Waals surface area contributed by atoms with Crippen LogP contribution in [0.5, 0.6) is 11.5 Å². The van der Waals surface area contributed by atoms with Crippen molar-refractivity contribution in [3.63, 3.8) is 0 Å². The number of benzene rings is 2. The molecule has 1 unspecified atom stereocenters. The molecule has 2 aromatic carbocycles. The molecule has 8 heteroatoms. The molecule has 5 rings (SSSR count). The molecule has 1 aliphatic heterocycles. The van der Waals surface area contributed by atoms with Crippen LogP contribution in [0.1, 0.15) is 41.1 Å². The number of amides is 1. The average Bonchev–Trinajstić information content (AvgIpc) is 3.44. The number of thiazole rings is 1. The normalized spacial score (nSPS) is 15.2. The molecule has 0 aliphatic carbocycles. The molecule has 0 bridgehead atoms. The minimum atomic E-state index is -0.670. The zero-order chi connectivity index (χ0) is 22.2. The second kappa shape index (κ2) is 8.12. The molecule has 7 nitrogen and oxygen atoms in total. The summed E-state index contributed by atoms with van der Waals surface area (Å²) in [5.41, 5.74) is 1.11. The molecule has 3 heterocycles. The predicted octanol–water partition coefficient (Wildman–Crippen LogP) is 4.80. The van der Waals surface area contributed by atoms with Gasteiger partial charge in [-0.05, 0) is 36.2 Å². The monoisotopic (exact) mass is 448 g/mol. The van der Waals surface area contributed by atoms with Crippen LogP contribution in [0.25, 0.3) is 11.0 Å². The van der Waals surface area contributed by atoms with Gasteiger partial charge in [-0.15, -0.1) is 11.3 Å². The summed E-state index contributed by atoms with van der Waals surface area (Å²) in [7, 11) is 1.53. The van der Waals surface area contributed by atoms with Gasteiger partial charge in [0.05, 0.1) is 30.7 Å². The third-order valence-electron chi connectivity index (χ3n) is 5.35. The Morgan fingerprint density at radius 2 is 2.03 bits per heavy atom. The van der Waals surface area contributed by atoms with E-state index in [1.807, 2.05) is 31.2 Å². The predicted molar refractivity (Wildman–Crippen MR) is 122 cm³/mol. The van der Waals surface area contributed by atoms with E-state index >= 15 is 0 Å². The SMILES string of the molecule is CCCOc1cccc(C2c3c(oc4cc(OC)ccc4c3=O)C(=O)N2c2nccs2)c1. The van der Waals surface area contributed by atoms with E-state index in [4.69, 9.17) is 13.9 Å². The van der Waals surface area contributed by atoms with Gasteiger partial charge >= 0.3 is 0 Å². The highest BCUT2D eigenvalue weighted by Crippen LogP contribution is 2.42. The Balaban J connectivity index is 1.74. The fraction of sp³-hybridized carbons (Fsp3) is 0.208. The van der Waals surface area contributed by atoms with Crippen LogP contribution in [0.15, 0.2) is 63.3 Å². The highest BCUT2D eigenvalue weighted by Gasteiger charge is 2.44. The zero-order valence-corrected chi connectivity index (χ0v) is 18.3. The molecular formula is C24H20N2O5S. The second-order valence-electron chi connectivity index (χ2n) is 7.35. The third-order valence-corrected chi connectivity index (χ3v) is 6.12. The molecular weight excluding hydrogens is 428 g/mol. The number of hydrogen-bond donors (Lipinski definition) is 0. The molecule has 32 heavy (non-hydrogen) atoms. The minimum absolute atomic E-state index is 0.0239. The fourth-order valence-corrected chi connectivity index (χ4v) is 4.59. The standard InChI is InChI=1S/C24H20N2O5S/c1-3-10-30-16-6-4-5-14(12-16)20-19-21(27)17-8-7-15(29-2)13-18(17)31-22(19)23(28)26(20)24-25-9-11-32-24/h4-9,11-13,20H,3,10H2,1-2H3. The Kier molecular flexibility index (Phi) is 5.14. The van der Waals surface area contributed by atoms with Crippen molar-refractivity contribution in [2.75, 3.05) is 18.6 Å². The molecule has 0 saturated heterocycles. The second-order valence-corrected chi connectivity index (χ2v) is 8.22. The molecule has 1 aliphatic rings. The molecule has 0 radical (unpaired) electrons. The average molecular weight is 449 g/mol. The summed E-state index contributed by atoms with van der Waals surface area (Å²) in [6.07, 6.45) is 2.50. The van der Waals surface area contributed by atoms with Crippen molar-refractivity contribution in [2.24, 2.45) is 0 Å². The van der Waals surface area contributed by atoms with E-state index in [0.717, 1.165) is 12.0 Å². The van der Waals surface area contributed by atoms with Gasteiger partial charge in [0.2, 0.25) is 5.76 Å². The maximum atomic E-state index is 13.6. The third kappa shape index (κ3) is 3.23. The maximum absolute atomic E-state index is 13.6. The van der Waals surface area contributed by atoms with Crippen LogP contribution >= 0.6 is 11.3 Å². The van der Waals surface area contributed by atoms with Crippen molar-refractivity contribution in [3.05, 3.63) is 81.2 Å². The zero-order valence-electron chi connectivity index (χ0n) is 17.5. The summed E-state index contributed by atoms with van der Waals surface area (Å²) in [6, 6.07) is 11.8. The first-order chi connectivity index (χ1) is 15.6. The minimum Gasteiger partial charge on any atom is -0.497 e. The number of anilines is 1. The first kappa shape index (κ1) is 20.3. The van der Waals surface area contributed by atoms with Gasteiger partial charge in [-0.2, -0.15) is 0 Å². The Hall–Kier alpha value is -3.65. The number of carbonyl (C=O) groups excluding carboxylic acids is 1. The largest absolute Gasteiger partial charge is 0.497 e. The van der Waals surface area contributed by atoms with Crippen molar-refractivity contribution < 1.29 is 18.7 Å². The highest BCUT2D eigenvalue weighted by atomic mass is 32.1. The van der Waals surface area contributed by atoms with Gasteiger partial charge in [0.15, 0.2) is 10.6 Å². The molecule has 2 aromatic heterocycles. The number of aromatic nitrogens is 1. The van der Waals surface area contributed by atoms with Crippen molar-refractivity contribution >= 4 is 33.3 Å². The Morgan fingerprint density at radius 3 is 2.78 bits per heavy atom. The Labute approximate surface area is 187 Å². The number of methoxy groups -OCH3 is 1. The van der Waals surface area contributed by atoms with E-state index < -0.39 is 11.9 Å². The van der Waals surface area contributed by atoms with E-state index in [9.17, 15) is 9.59 Å². The topological polar surface area (TPSA) is 81.9 Å². The fourth-order valence-electron chi connectivity index (χ4n) is 3.92. The lowest BCUT2D eigenvalue weighted by molar-refractivity contribution is 0.0971. The lowest BCUT2D eigenvalue weighted by atomic mass is 9.98. The van der Waals surface area contributed by atoms with Crippen LogP contribution in [0, 0.1) is 0 Å². The summed E-state index contributed by atoms with van der Waals surface area (Å²) < 4.78 is 17.0. The first-order valence-electron chi connectivity index (χ1n) is 10.2. The van der Waals surface area contributed by atoms with Crippen molar-refractivity contribution in [1.82, 2.24) is 4.98 Å². The van der Waals surface area contributed by atoms with Crippen molar-refractivity contribution in [2.45, 2.75) is 19.4 Å². The lowest BCUT2D eigenvalue weighted by Gasteiger charge is -2.23. The van der Waals surface area contributed by atoms with E-state index in [-0.39, 0.29) is 11.2 Å². The number of ether oxygens (including phenoxy) is 2. The lowest BCUT2D eigenvalue weighted by Crippen LogP contribution is -2.29. The van der Waals surface area contributed by atoms with Crippen LogP contribution in [0.4, 0.5) is 5.13 Å². The molecule has 1 atom stereocenters. The summed E-state index contributed by atoms with van der Waals surface area (Å²) in [4.78, 5) is 32.9. The van der Waals surface area contributed by atoms with Crippen LogP contribution in [-0.4, -0.2) is 24.6 Å². The van der Waals surface area contributed by atoms with Crippen LogP contribution in [0.2, 0.25) is 0 Å². The number of fused-ring (bicyclic) bond motifs is 2. The first-order valence-corrected chi connectivity index (χ1v) is 11.1. The van der Waals surface area contributed by atoms with Gasteiger partial charge in [0, 0.05) is 17.6 Å². The summed E-state index contributed by atoms with van der Waals surface area (Å²) in [5, 5.41) is 2.68. The van der Waals surface area contributed by atoms with Gasteiger partial charge in [-0.1, -0.05) is 19.1 Å². The summed E-state index contributed by atoms with van der Waals surface area (Å²) in [5.74, 6) is 0.844. The molecule has 0 saturated carbocycles. The smallest absolute Gasteiger partial charge is 0.297 e. The maximum Gasteiger partial charge on any atom is 0.297 e. The van der Waals surface area contributed by atoms with Crippen LogP contribution in [0.3, 0.4) is 0 Å². The van der Waals surface area contributed by atoms with Crippen LogP contribution in [-0.2, 0) is 0 Å². The molecule has 0 fully saturated rings. The summed E-state index contributed by atoms with van der Waals surface area (Å²) in [6.45, 7) is 2.61. The van der Waals surface area contributed by atoms with Crippen molar-refractivity contribution in [1.29, 1.82) is 0 Å². The molecule has 162 valence electrons. The number of rotatable bonds is 6. The van der Waals surface area contributed by atoms with E-state index in [0.29, 0.717) is 39.8 Å². The number of hydrogen-bond acceptors (Lipinski definition) is 7. The number of carbonyl (C=O) groups is 1. The van der Waals surface area contributed by atoms with Crippen LogP contribution < -0.4 is 19.8 Å². The number of nitrogens with zero attached hydrogens (tertiary/aromatic N) is 2. The molecule has 0 spiro atoms.